The number of amides is 2. The molecule has 4 rings (SSSR count). The molecule has 0 aromatic heterocycles. The van der Waals surface area contributed by atoms with Gasteiger partial charge >= 0.3 is 12.2 Å². The Bertz CT molecular complexity index is 687. The van der Waals surface area contributed by atoms with Crippen molar-refractivity contribution < 1.29 is 28.9 Å². The van der Waals surface area contributed by atoms with Crippen LogP contribution in [0.2, 0.25) is 0 Å². The van der Waals surface area contributed by atoms with Crippen molar-refractivity contribution in [2.75, 3.05) is 13.7 Å². The first-order chi connectivity index (χ1) is 15.6. The van der Waals surface area contributed by atoms with Crippen molar-refractivity contribution in [2.24, 2.45) is 5.41 Å². The number of methoxy groups -OCH3 is 1. The molecule has 0 aromatic rings. The molecule has 0 atom stereocenters. The maximum Gasteiger partial charge on any atom is 0.408 e. The first-order valence-electron chi connectivity index (χ1n) is 12.7. The number of carbonyl (C=O) groups excluding carboxylic acids is 2. The Kier molecular flexibility index (Phi) is 9.98. The van der Waals surface area contributed by atoms with E-state index in [4.69, 9.17) is 14.2 Å². The zero-order valence-electron chi connectivity index (χ0n) is 22.3. The number of aliphatic hydroxyl groups excluding tert-OH is 1. The summed E-state index contributed by atoms with van der Waals surface area (Å²) in [7, 11) is 1.77. The lowest BCUT2D eigenvalue weighted by Crippen LogP contribution is -2.47. The van der Waals surface area contributed by atoms with Crippen molar-refractivity contribution in [3.05, 3.63) is 0 Å². The van der Waals surface area contributed by atoms with Crippen molar-refractivity contribution >= 4 is 12.2 Å². The Balaban J connectivity index is 0.000000341. The second-order valence-corrected chi connectivity index (χ2v) is 13.2. The Hall–Kier alpha value is -1.54. The summed E-state index contributed by atoms with van der Waals surface area (Å²) in [5, 5.41) is 15.5. The molecule has 0 spiro atoms. The van der Waals surface area contributed by atoms with E-state index in [0.717, 1.165) is 64.2 Å². The SMILES string of the molecule is C.C.CC(C)(C)OC(=O)NC12CCC(CO)(CC1)C2.COC12CCC(NC(=O)OC(C)(C)C)(CC1)C2. The Morgan fingerprint density at radius 3 is 1.42 bits per heavy atom. The molecule has 4 aliphatic carbocycles. The fourth-order valence-corrected chi connectivity index (χ4v) is 6.35. The summed E-state index contributed by atoms with van der Waals surface area (Å²) in [4.78, 5) is 23.6. The van der Waals surface area contributed by atoms with Crippen LogP contribution in [-0.4, -0.2) is 58.9 Å². The average molecular weight is 515 g/mol. The summed E-state index contributed by atoms with van der Waals surface area (Å²) in [6, 6.07) is 0. The zero-order valence-corrected chi connectivity index (χ0v) is 22.3. The summed E-state index contributed by atoms with van der Waals surface area (Å²) >= 11 is 0. The largest absolute Gasteiger partial charge is 0.444 e. The number of ether oxygens (including phenoxy) is 3. The third-order valence-electron chi connectivity index (χ3n) is 8.06. The van der Waals surface area contributed by atoms with E-state index >= 15 is 0 Å². The number of rotatable bonds is 4. The third kappa shape index (κ3) is 7.73. The molecule has 4 saturated carbocycles. The van der Waals surface area contributed by atoms with Crippen LogP contribution in [0.1, 0.15) is 121 Å². The van der Waals surface area contributed by atoms with Gasteiger partial charge in [-0.3, -0.25) is 0 Å². The molecule has 36 heavy (non-hydrogen) atoms. The number of carbonyl (C=O) groups is 2. The molecule has 212 valence electrons. The molecule has 4 fully saturated rings. The van der Waals surface area contributed by atoms with Crippen LogP contribution in [0.25, 0.3) is 0 Å². The molecule has 4 bridgehead atoms. The predicted molar refractivity (Wildman–Crippen MR) is 143 cm³/mol. The van der Waals surface area contributed by atoms with Gasteiger partial charge in [-0.25, -0.2) is 9.59 Å². The second kappa shape index (κ2) is 11.1. The number of aliphatic hydroxyl groups is 1. The van der Waals surface area contributed by atoms with Gasteiger partial charge in [0.2, 0.25) is 0 Å². The highest BCUT2D eigenvalue weighted by Gasteiger charge is 2.56. The summed E-state index contributed by atoms with van der Waals surface area (Å²) in [5.74, 6) is 0. The van der Waals surface area contributed by atoms with Crippen molar-refractivity contribution in [1.82, 2.24) is 10.6 Å². The molecule has 8 nitrogen and oxygen atoms in total. The number of alkyl carbamates (subject to hydrolysis) is 2. The van der Waals surface area contributed by atoms with Crippen molar-refractivity contribution in [3.8, 4) is 0 Å². The van der Waals surface area contributed by atoms with Crippen LogP contribution in [0.15, 0.2) is 0 Å². The number of nitrogens with one attached hydrogen (secondary N) is 2. The molecule has 2 amide bonds. The molecular weight excluding hydrogens is 460 g/mol. The Morgan fingerprint density at radius 2 is 1.11 bits per heavy atom. The first kappa shape index (κ1) is 32.5. The maximum atomic E-state index is 11.8. The van der Waals surface area contributed by atoms with Gasteiger partial charge in [-0.05, 0) is 111 Å². The van der Waals surface area contributed by atoms with Crippen molar-refractivity contribution in [3.63, 3.8) is 0 Å². The summed E-state index contributed by atoms with van der Waals surface area (Å²) in [5.41, 5.74) is -1.02. The summed E-state index contributed by atoms with van der Waals surface area (Å²) in [6.45, 7) is 11.5. The van der Waals surface area contributed by atoms with Gasteiger partial charge in [-0.2, -0.15) is 0 Å². The first-order valence-corrected chi connectivity index (χ1v) is 12.7. The lowest BCUT2D eigenvalue weighted by molar-refractivity contribution is -0.000322. The van der Waals surface area contributed by atoms with E-state index in [9.17, 15) is 14.7 Å². The predicted octanol–water partition coefficient (Wildman–Crippen LogP) is 6.09. The van der Waals surface area contributed by atoms with Crippen LogP contribution >= 0.6 is 0 Å². The molecule has 0 saturated heterocycles. The lowest BCUT2D eigenvalue weighted by Gasteiger charge is -2.30. The standard InChI is InChI=1S/2C13H23NO3.2CH4/c1-11(2,3)17-10(15)14-12-5-7-13(9-12,16-4)8-6-12;1-11(2,3)17-10(16)14-13-6-4-12(8-13,9-15)5-7-13;;/h5-9H2,1-4H3,(H,14,15);15H,4-9H2,1-3H3,(H,14,16);2*1H4. The molecule has 3 N–H and O–H groups in total. The fourth-order valence-electron chi connectivity index (χ4n) is 6.35. The van der Waals surface area contributed by atoms with E-state index in [2.05, 4.69) is 10.6 Å². The highest BCUT2D eigenvalue weighted by Crippen LogP contribution is 2.56. The fraction of sp³-hybridized carbons (Fsp3) is 0.929. The van der Waals surface area contributed by atoms with Gasteiger partial charge in [0.05, 0.1) is 5.60 Å². The topological polar surface area (TPSA) is 106 Å². The maximum absolute atomic E-state index is 11.8. The molecule has 0 heterocycles. The number of fused-ring (bicyclic) bond motifs is 4. The smallest absolute Gasteiger partial charge is 0.408 e. The van der Waals surface area contributed by atoms with E-state index in [1.165, 1.54) is 0 Å². The minimum absolute atomic E-state index is 0. The average Bonchev–Trinajstić information content (AvgIpc) is 3.42. The van der Waals surface area contributed by atoms with Gasteiger partial charge in [0, 0.05) is 24.8 Å². The highest BCUT2D eigenvalue weighted by molar-refractivity contribution is 5.69. The summed E-state index contributed by atoms with van der Waals surface area (Å²) in [6.07, 6.45) is 9.24. The van der Waals surface area contributed by atoms with Crippen LogP contribution in [0.3, 0.4) is 0 Å². The van der Waals surface area contributed by atoms with Gasteiger partial charge in [0.1, 0.15) is 11.2 Å². The van der Waals surface area contributed by atoms with Gasteiger partial charge in [-0.15, -0.1) is 0 Å². The van der Waals surface area contributed by atoms with Crippen LogP contribution in [-0.2, 0) is 14.2 Å². The van der Waals surface area contributed by atoms with Gasteiger partial charge in [0.25, 0.3) is 0 Å². The molecule has 0 radical (unpaired) electrons. The van der Waals surface area contributed by atoms with E-state index in [1.807, 2.05) is 41.5 Å². The molecular formula is C28H54N2O6. The number of hydrogen-bond acceptors (Lipinski definition) is 6. The van der Waals surface area contributed by atoms with E-state index in [0.29, 0.717) is 0 Å². The third-order valence-corrected chi connectivity index (χ3v) is 8.06. The second-order valence-electron chi connectivity index (χ2n) is 13.2. The van der Waals surface area contributed by atoms with Crippen LogP contribution in [0, 0.1) is 5.41 Å². The highest BCUT2D eigenvalue weighted by atomic mass is 16.6. The van der Waals surface area contributed by atoms with Crippen LogP contribution < -0.4 is 10.6 Å². The molecule has 0 aliphatic heterocycles. The normalized spacial score (nSPS) is 34.0. The zero-order chi connectivity index (χ0) is 25.5. The Labute approximate surface area is 219 Å². The van der Waals surface area contributed by atoms with Gasteiger partial charge in [-0.1, -0.05) is 14.9 Å². The minimum atomic E-state index is -0.452. The quantitative estimate of drug-likeness (QED) is 0.419. The molecule has 8 heteroatoms. The van der Waals surface area contributed by atoms with Gasteiger partial charge < -0.3 is 30.0 Å². The van der Waals surface area contributed by atoms with Gasteiger partial charge in [0.15, 0.2) is 0 Å². The van der Waals surface area contributed by atoms with Crippen molar-refractivity contribution in [2.45, 2.75) is 148 Å². The molecule has 0 unspecified atom stereocenters. The number of hydrogen-bond donors (Lipinski definition) is 3. The van der Waals surface area contributed by atoms with Crippen molar-refractivity contribution in [1.29, 1.82) is 0 Å². The molecule has 4 aliphatic rings. The van der Waals surface area contributed by atoms with E-state index in [-0.39, 0.29) is 55.7 Å². The van der Waals surface area contributed by atoms with Crippen LogP contribution in [0.5, 0.6) is 0 Å². The van der Waals surface area contributed by atoms with E-state index in [1.54, 1.807) is 7.11 Å². The van der Waals surface area contributed by atoms with E-state index < -0.39 is 11.2 Å². The molecule has 0 aromatic carbocycles. The monoisotopic (exact) mass is 514 g/mol. The lowest BCUT2D eigenvalue weighted by atomic mass is 9.85. The minimum Gasteiger partial charge on any atom is -0.444 e. The Morgan fingerprint density at radius 1 is 0.722 bits per heavy atom. The summed E-state index contributed by atoms with van der Waals surface area (Å²) < 4.78 is 16.2. The van der Waals surface area contributed by atoms with Crippen LogP contribution in [0.4, 0.5) is 9.59 Å².